The van der Waals surface area contributed by atoms with Crippen molar-refractivity contribution in [2.45, 2.75) is 41.5 Å². The summed E-state index contributed by atoms with van der Waals surface area (Å²) >= 11 is -1.24. The summed E-state index contributed by atoms with van der Waals surface area (Å²) < 4.78 is 15.8. The summed E-state index contributed by atoms with van der Waals surface area (Å²) in [5.41, 5.74) is 0.867. The predicted octanol–water partition coefficient (Wildman–Crippen LogP) is 2.59. The lowest BCUT2D eigenvalue weighted by Gasteiger charge is -2.32. The molecule has 0 radical (unpaired) electrons. The summed E-state index contributed by atoms with van der Waals surface area (Å²) in [6.45, 7) is 12.5. The smallest absolute Gasteiger partial charge is 0.184 e. The zero-order valence-corrected chi connectivity index (χ0v) is 11.2. The van der Waals surface area contributed by atoms with Crippen LogP contribution in [0, 0.1) is 10.8 Å². The molecule has 1 aliphatic heterocycles. The molecule has 0 saturated heterocycles. The van der Waals surface area contributed by atoms with Crippen molar-refractivity contribution in [2.24, 2.45) is 15.2 Å². The van der Waals surface area contributed by atoms with Crippen LogP contribution in [0.2, 0.25) is 0 Å². The topological polar surface area (TPSA) is 47.5 Å². The van der Waals surface area contributed by atoms with Gasteiger partial charge < -0.3 is 9.87 Å². The molecule has 1 heterocycles. The molecule has 3 nitrogen and oxygen atoms in total. The molecule has 0 aromatic carbocycles. The maximum Gasteiger partial charge on any atom is 0.184 e. The summed E-state index contributed by atoms with van der Waals surface area (Å²) in [4.78, 5) is 0.900. The normalized spacial score (nSPS) is 23.0. The summed E-state index contributed by atoms with van der Waals surface area (Å²) in [6.07, 6.45) is 1.53. The van der Waals surface area contributed by atoms with E-state index in [1.807, 2.05) is 0 Å². The molecule has 0 fully saturated rings. The van der Waals surface area contributed by atoms with Crippen LogP contribution in [0.4, 0.5) is 0 Å². The van der Waals surface area contributed by atoms with E-state index in [-0.39, 0.29) is 10.8 Å². The quantitative estimate of drug-likeness (QED) is 0.648. The zero-order valence-electron chi connectivity index (χ0n) is 10.3. The van der Waals surface area contributed by atoms with Gasteiger partial charge in [-0.1, -0.05) is 41.5 Å². The van der Waals surface area contributed by atoms with Gasteiger partial charge in [-0.25, -0.2) is 0 Å². The summed E-state index contributed by atoms with van der Waals surface area (Å²) in [5, 5.41) is 3.14. The van der Waals surface area contributed by atoms with E-state index in [2.05, 4.69) is 51.3 Å². The first-order valence-electron chi connectivity index (χ1n) is 5.10. The summed E-state index contributed by atoms with van der Waals surface area (Å²) in [7, 11) is 0. The number of hydrogen-bond donors (Lipinski definition) is 1. The monoisotopic (exact) mass is 228 g/mol. The average Bonchev–Trinajstić information content (AvgIpc) is 1.99. The van der Waals surface area contributed by atoms with Gasteiger partial charge in [0.05, 0.1) is 5.70 Å². The maximum absolute atomic E-state index is 11.9. The van der Waals surface area contributed by atoms with Gasteiger partial charge in [0.1, 0.15) is 17.7 Å². The van der Waals surface area contributed by atoms with Gasteiger partial charge in [0, 0.05) is 10.8 Å². The molecule has 86 valence electrons. The fourth-order valence-electron chi connectivity index (χ4n) is 1.54. The minimum Gasteiger partial charge on any atom is -0.586 e. The Labute approximate surface area is 95.4 Å². The van der Waals surface area contributed by atoms with Gasteiger partial charge >= 0.3 is 0 Å². The summed E-state index contributed by atoms with van der Waals surface area (Å²) in [5.74, 6) is 0. The van der Waals surface area contributed by atoms with Crippen molar-refractivity contribution in [3.05, 3.63) is 10.6 Å². The van der Waals surface area contributed by atoms with E-state index >= 15 is 0 Å². The third kappa shape index (κ3) is 2.75. The second kappa shape index (κ2) is 3.83. The number of nitrogens with one attached hydrogen (secondary N) is 1. The van der Waals surface area contributed by atoms with Crippen molar-refractivity contribution in [1.29, 1.82) is 0 Å². The van der Waals surface area contributed by atoms with Crippen molar-refractivity contribution in [2.75, 3.05) is 0 Å². The van der Waals surface area contributed by atoms with Crippen molar-refractivity contribution in [3.63, 3.8) is 0 Å². The Kier molecular flexibility index (Phi) is 3.22. The first-order valence-corrected chi connectivity index (χ1v) is 6.21. The van der Waals surface area contributed by atoms with E-state index in [0.717, 1.165) is 10.6 Å². The fourth-order valence-corrected chi connectivity index (χ4v) is 2.86. The molecule has 1 rings (SSSR count). The Balaban J connectivity index is 3.25. The lowest BCUT2D eigenvalue weighted by molar-refractivity contribution is 0.440. The minimum atomic E-state index is -1.24. The Hall–Kier alpha value is -0.480. The predicted molar refractivity (Wildman–Crippen MR) is 65.7 cm³/mol. The van der Waals surface area contributed by atoms with Gasteiger partial charge in [-0.15, -0.1) is 0 Å². The first kappa shape index (κ1) is 12.6. The molecule has 0 amide bonds. The van der Waals surface area contributed by atoms with Crippen molar-refractivity contribution in [1.82, 2.24) is 5.32 Å². The largest absolute Gasteiger partial charge is 0.586 e. The molecular weight excluding hydrogens is 208 g/mol. The molecule has 0 bridgehead atoms. The van der Waals surface area contributed by atoms with Crippen molar-refractivity contribution in [3.8, 4) is 0 Å². The van der Waals surface area contributed by atoms with E-state index < -0.39 is 11.4 Å². The molecule has 1 atom stereocenters. The molecule has 0 spiro atoms. The van der Waals surface area contributed by atoms with Gasteiger partial charge in [0.25, 0.3) is 0 Å². The standard InChI is InChI=1S/C11H20N2OS/c1-10(2,3)8-9(11(4,5)6)15(14)13-7-12-8/h7H,1-6H3,(H,12,13). The van der Waals surface area contributed by atoms with Crippen LogP contribution in [0.1, 0.15) is 41.5 Å². The van der Waals surface area contributed by atoms with Gasteiger partial charge in [-0.05, 0) is 4.40 Å². The average molecular weight is 228 g/mol. The van der Waals surface area contributed by atoms with Crippen LogP contribution in [0.3, 0.4) is 0 Å². The Morgan fingerprint density at radius 2 is 1.67 bits per heavy atom. The zero-order chi connectivity index (χ0) is 11.9. The van der Waals surface area contributed by atoms with Crippen LogP contribution in [0.15, 0.2) is 15.0 Å². The molecule has 1 N–H and O–H groups in total. The van der Waals surface area contributed by atoms with E-state index in [1.54, 1.807) is 0 Å². The molecule has 0 aromatic rings. The maximum atomic E-state index is 11.9. The number of nitrogens with zero attached hydrogens (tertiary/aromatic N) is 1. The van der Waals surface area contributed by atoms with Crippen LogP contribution >= 0.6 is 0 Å². The molecule has 1 unspecified atom stereocenters. The van der Waals surface area contributed by atoms with Crippen LogP contribution in [0.25, 0.3) is 0 Å². The number of rotatable bonds is 0. The van der Waals surface area contributed by atoms with Gasteiger partial charge in [0.2, 0.25) is 0 Å². The lowest BCUT2D eigenvalue weighted by Crippen LogP contribution is -2.35. The highest BCUT2D eigenvalue weighted by molar-refractivity contribution is 7.94. The lowest BCUT2D eigenvalue weighted by atomic mass is 9.85. The van der Waals surface area contributed by atoms with Gasteiger partial charge in [-0.2, -0.15) is 0 Å². The third-order valence-electron chi connectivity index (χ3n) is 2.19. The molecule has 0 aliphatic carbocycles. The second-order valence-electron chi connectivity index (χ2n) is 5.83. The number of hydrogen-bond acceptors (Lipinski definition) is 3. The molecular formula is C11H20N2OS. The van der Waals surface area contributed by atoms with E-state index in [0.29, 0.717) is 0 Å². The highest BCUT2D eigenvalue weighted by atomic mass is 32.2. The highest BCUT2D eigenvalue weighted by Crippen LogP contribution is 2.39. The highest BCUT2D eigenvalue weighted by Gasteiger charge is 2.38. The molecule has 15 heavy (non-hydrogen) atoms. The van der Waals surface area contributed by atoms with Gasteiger partial charge in [-0.3, -0.25) is 0 Å². The second-order valence-corrected chi connectivity index (χ2v) is 6.95. The molecule has 1 aliphatic rings. The van der Waals surface area contributed by atoms with Crippen LogP contribution in [0.5, 0.6) is 0 Å². The fraction of sp³-hybridized carbons (Fsp3) is 0.727. The molecule has 4 heteroatoms. The van der Waals surface area contributed by atoms with E-state index in [9.17, 15) is 4.55 Å². The number of allylic oxidation sites excluding steroid dienone is 2. The van der Waals surface area contributed by atoms with E-state index in [1.165, 1.54) is 6.34 Å². The molecule has 0 aromatic heterocycles. The van der Waals surface area contributed by atoms with Gasteiger partial charge in [0.15, 0.2) is 4.91 Å². The first-order chi connectivity index (χ1) is 6.64. The molecule has 0 saturated carbocycles. The summed E-state index contributed by atoms with van der Waals surface area (Å²) in [6, 6.07) is 0. The third-order valence-corrected chi connectivity index (χ3v) is 3.65. The van der Waals surface area contributed by atoms with Crippen molar-refractivity contribution < 1.29 is 4.55 Å². The minimum absolute atomic E-state index is 0.0370. The Morgan fingerprint density at radius 3 is 2.00 bits per heavy atom. The Morgan fingerprint density at radius 1 is 1.13 bits per heavy atom. The SMILES string of the molecule is CC(C)(C)C1=C(C(C)(C)C)[S+]([O-])N=CN1. The Bertz CT molecular complexity index is 308. The van der Waals surface area contributed by atoms with Crippen molar-refractivity contribution >= 4 is 17.7 Å². The van der Waals surface area contributed by atoms with Crippen LogP contribution < -0.4 is 5.32 Å². The van der Waals surface area contributed by atoms with E-state index in [4.69, 9.17) is 0 Å². The van der Waals surface area contributed by atoms with Crippen LogP contribution in [-0.2, 0) is 11.4 Å². The van der Waals surface area contributed by atoms with Crippen LogP contribution in [-0.4, -0.2) is 10.9 Å².